The number of carbonyl (C=O) groups is 1. The summed E-state index contributed by atoms with van der Waals surface area (Å²) in [5, 5.41) is 15.5. The predicted octanol–water partition coefficient (Wildman–Crippen LogP) is 4.23. The van der Waals surface area contributed by atoms with Crippen LogP contribution in [0, 0.1) is 0 Å². The van der Waals surface area contributed by atoms with Gasteiger partial charge in [0.2, 0.25) is 0 Å². The van der Waals surface area contributed by atoms with Gasteiger partial charge in [-0.1, -0.05) is 25.4 Å². The number of benzene rings is 1. The molecular weight excluding hydrogens is 296 g/mol. The fraction of sp³-hybridized carbons (Fsp3) is 0.286. The lowest BCUT2D eigenvalue weighted by Gasteiger charge is -2.06. The van der Waals surface area contributed by atoms with Gasteiger partial charge >= 0.3 is 5.97 Å². The van der Waals surface area contributed by atoms with E-state index < -0.39 is 5.97 Å². The van der Waals surface area contributed by atoms with Crippen LogP contribution in [0.5, 0.6) is 0 Å². The molecule has 0 fully saturated rings. The summed E-state index contributed by atoms with van der Waals surface area (Å²) in [6, 6.07) is 4.86. The van der Waals surface area contributed by atoms with Crippen LogP contribution in [0.3, 0.4) is 0 Å². The van der Waals surface area contributed by atoms with Gasteiger partial charge in [0, 0.05) is 17.0 Å². The van der Waals surface area contributed by atoms with E-state index in [4.69, 9.17) is 16.7 Å². The summed E-state index contributed by atoms with van der Waals surface area (Å²) in [4.78, 5) is 15.5. The zero-order chi connectivity index (χ0) is 14.7. The Balaban J connectivity index is 2.06. The predicted molar refractivity (Wildman–Crippen MR) is 81.9 cm³/mol. The topological polar surface area (TPSA) is 62.2 Å². The van der Waals surface area contributed by atoms with Gasteiger partial charge in [-0.05, 0) is 18.2 Å². The van der Waals surface area contributed by atoms with E-state index in [9.17, 15) is 4.79 Å². The SMILES string of the molecule is CC(C)c1nc(CNc2ccc(Cl)c(C(=O)O)c2)cs1. The average molecular weight is 311 g/mol. The lowest BCUT2D eigenvalue weighted by molar-refractivity contribution is 0.0697. The molecule has 0 saturated heterocycles. The average Bonchev–Trinajstić information content (AvgIpc) is 2.86. The van der Waals surface area contributed by atoms with Gasteiger partial charge in [0.15, 0.2) is 0 Å². The van der Waals surface area contributed by atoms with Crippen LogP contribution in [0.1, 0.15) is 40.8 Å². The molecule has 0 saturated carbocycles. The molecule has 106 valence electrons. The summed E-state index contributed by atoms with van der Waals surface area (Å²) in [6.45, 7) is 4.77. The van der Waals surface area contributed by atoms with Crippen molar-refractivity contribution in [2.75, 3.05) is 5.32 Å². The van der Waals surface area contributed by atoms with Crippen molar-refractivity contribution in [2.45, 2.75) is 26.3 Å². The Morgan fingerprint density at radius 2 is 2.25 bits per heavy atom. The molecule has 0 spiro atoms. The molecule has 0 unspecified atom stereocenters. The monoisotopic (exact) mass is 310 g/mol. The number of carboxylic acids is 1. The molecule has 0 atom stereocenters. The third kappa shape index (κ3) is 3.49. The smallest absolute Gasteiger partial charge is 0.337 e. The van der Waals surface area contributed by atoms with Gasteiger partial charge in [-0.3, -0.25) is 0 Å². The number of carboxylic acid groups (broad SMARTS) is 1. The molecule has 1 aromatic carbocycles. The Morgan fingerprint density at radius 1 is 1.50 bits per heavy atom. The first-order chi connectivity index (χ1) is 9.47. The first-order valence-electron chi connectivity index (χ1n) is 6.18. The van der Waals surface area contributed by atoms with E-state index in [1.54, 1.807) is 23.5 Å². The van der Waals surface area contributed by atoms with Crippen molar-refractivity contribution in [3.8, 4) is 0 Å². The van der Waals surface area contributed by atoms with E-state index in [0.29, 0.717) is 18.2 Å². The fourth-order valence-electron chi connectivity index (χ4n) is 1.66. The molecule has 1 aromatic heterocycles. The highest BCUT2D eigenvalue weighted by atomic mass is 35.5. The number of hydrogen-bond donors (Lipinski definition) is 2. The van der Waals surface area contributed by atoms with E-state index in [2.05, 4.69) is 24.1 Å². The van der Waals surface area contributed by atoms with Gasteiger partial charge in [-0.2, -0.15) is 0 Å². The first kappa shape index (κ1) is 14.8. The second-order valence-electron chi connectivity index (χ2n) is 4.69. The Labute approximate surface area is 126 Å². The zero-order valence-electron chi connectivity index (χ0n) is 11.2. The van der Waals surface area contributed by atoms with Gasteiger partial charge in [0.25, 0.3) is 0 Å². The fourth-order valence-corrected chi connectivity index (χ4v) is 2.69. The lowest BCUT2D eigenvalue weighted by Crippen LogP contribution is -2.03. The number of rotatable bonds is 5. The highest BCUT2D eigenvalue weighted by Crippen LogP contribution is 2.22. The van der Waals surface area contributed by atoms with Crippen molar-refractivity contribution in [3.63, 3.8) is 0 Å². The molecule has 0 aliphatic carbocycles. The molecule has 0 aliphatic rings. The van der Waals surface area contributed by atoms with Crippen LogP contribution in [0.4, 0.5) is 5.69 Å². The van der Waals surface area contributed by atoms with Crippen LogP contribution < -0.4 is 5.32 Å². The minimum Gasteiger partial charge on any atom is -0.478 e. The van der Waals surface area contributed by atoms with Gasteiger partial charge in [-0.25, -0.2) is 9.78 Å². The normalized spacial score (nSPS) is 10.8. The molecule has 2 N–H and O–H groups in total. The number of nitrogens with one attached hydrogen (secondary N) is 1. The lowest BCUT2D eigenvalue weighted by atomic mass is 10.2. The molecule has 4 nitrogen and oxygen atoms in total. The number of aromatic carboxylic acids is 1. The quantitative estimate of drug-likeness (QED) is 0.867. The van der Waals surface area contributed by atoms with Gasteiger partial charge in [0.1, 0.15) is 0 Å². The van der Waals surface area contributed by atoms with E-state index in [1.807, 2.05) is 5.38 Å². The Hall–Kier alpha value is -1.59. The van der Waals surface area contributed by atoms with Crippen molar-refractivity contribution >= 4 is 34.6 Å². The molecule has 2 aromatic rings. The van der Waals surface area contributed by atoms with Gasteiger partial charge in [0.05, 0.1) is 27.8 Å². The third-order valence-corrected chi connectivity index (χ3v) is 4.26. The maximum Gasteiger partial charge on any atom is 0.337 e. The minimum absolute atomic E-state index is 0.0952. The van der Waals surface area contributed by atoms with Gasteiger partial charge in [-0.15, -0.1) is 11.3 Å². The van der Waals surface area contributed by atoms with Crippen molar-refractivity contribution in [2.24, 2.45) is 0 Å². The maximum absolute atomic E-state index is 11.0. The van der Waals surface area contributed by atoms with E-state index >= 15 is 0 Å². The Kier molecular flexibility index (Phi) is 4.62. The number of hydrogen-bond acceptors (Lipinski definition) is 4. The van der Waals surface area contributed by atoms with Crippen molar-refractivity contribution in [1.29, 1.82) is 0 Å². The molecule has 2 rings (SSSR count). The molecule has 0 radical (unpaired) electrons. The zero-order valence-corrected chi connectivity index (χ0v) is 12.8. The second kappa shape index (κ2) is 6.24. The van der Waals surface area contributed by atoms with Crippen LogP contribution >= 0.6 is 22.9 Å². The summed E-state index contributed by atoms with van der Waals surface area (Å²) in [6.07, 6.45) is 0. The molecule has 0 aliphatic heterocycles. The molecular formula is C14H15ClN2O2S. The Bertz CT molecular complexity index is 625. The highest BCUT2D eigenvalue weighted by Gasteiger charge is 2.10. The minimum atomic E-state index is -1.03. The van der Waals surface area contributed by atoms with Gasteiger partial charge < -0.3 is 10.4 Å². The molecule has 0 bridgehead atoms. The number of halogens is 1. The summed E-state index contributed by atoms with van der Waals surface area (Å²) in [7, 11) is 0. The largest absolute Gasteiger partial charge is 0.478 e. The first-order valence-corrected chi connectivity index (χ1v) is 7.44. The van der Waals surface area contributed by atoms with E-state index in [1.165, 1.54) is 6.07 Å². The number of thiazole rings is 1. The van der Waals surface area contributed by atoms with Crippen LogP contribution in [-0.2, 0) is 6.54 Å². The Morgan fingerprint density at radius 3 is 2.85 bits per heavy atom. The number of aromatic nitrogens is 1. The summed E-state index contributed by atoms with van der Waals surface area (Å²) in [5.41, 5.74) is 1.76. The molecule has 20 heavy (non-hydrogen) atoms. The summed E-state index contributed by atoms with van der Waals surface area (Å²) in [5.74, 6) is -0.614. The second-order valence-corrected chi connectivity index (χ2v) is 5.98. The van der Waals surface area contributed by atoms with E-state index in [0.717, 1.165) is 10.7 Å². The summed E-state index contributed by atoms with van der Waals surface area (Å²) >= 11 is 7.46. The van der Waals surface area contributed by atoms with Crippen molar-refractivity contribution in [3.05, 3.63) is 44.9 Å². The molecule has 1 heterocycles. The van der Waals surface area contributed by atoms with Crippen LogP contribution in [0.25, 0.3) is 0 Å². The van der Waals surface area contributed by atoms with Crippen LogP contribution in [0.15, 0.2) is 23.6 Å². The molecule has 6 heteroatoms. The van der Waals surface area contributed by atoms with E-state index in [-0.39, 0.29) is 10.6 Å². The third-order valence-electron chi connectivity index (χ3n) is 2.73. The van der Waals surface area contributed by atoms with Crippen LogP contribution in [0.2, 0.25) is 5.02 Å². The standard InChI is InChI=1S/C14H15ClN2O2S/c1-8(2)13-17-10(7-20-13)6-16-9-3-4-12(15)11(5-9)14(18)19/h3-5,7-8,16H,6H2,1-2H3,(H,18,19). The molecule has 0 amide bonds. The highest BCUT2D eigenvalue weighted by molar-refractivity contribution is 7.09. The van der Waals surface area contributed by atoms with Crippen molar-refractivity contribution < 1.29 is 9.90 Å². The number of nitrogens with zero attached hydrogens (tertiary/aromatic N) is 1. The van der Waals surface area contributed by atoms with Crippen LogP contribution in [-0.4, -0.2) is 16.1 Å². The number of anilines is 1. The summed E-state index contributed by atoms with van der Waals surface area (Å²) < 4.78 is 0. The maximum atomic E-state index is 11.0. The van der Waals surface area contributed by atoms with Crippen molar-refractivity contribution in [1.82, 2.24) is 4.98 Å².